The molecule has 1 aliphatic heterocycles. The van der Waals surface area contributed by atoms with E-state index in [-0.39, 0.29) is 11.8 Å². The fourth-order valence-electron chi connectivity index (χ4n) is 2.40. The highest BCUT2D eigenvalue weighted by Gasteiger charge is 2.25. The highest BCUT2D eigenvalue weighted by atomic mass is 16.5. The van der Waals surface area contributed by atoms with Crippen molar-refractivity contribution in [1.82, 2.24) is 5.32 Å². The SMILES string of the molecule is O=C(NCCc1ccco1)[C@@H]1COc2ccccc2C1. The molecule has 2 heterocycles. The zero-order valence-corrected chi connectivity index (χ0v) is 11.2. The van der Waals surface area contributed by atoms with Crippen LogP contribution < -0.4 is 10.1 Å². The summed E-state index contributed by atoms with van der Waals surface area (Å²) in [6, 6.07) is 11.6. The Morgan fingerprint density at radius 3 is 3.00 bits per heavy atom. The van der Waals surface area contributed by atoms with E-state index in [1.807, 2.05) is 36.4 Å². The summed E-state index contributed by atoms with van der Waals surface area (Å²) < 4.78 is 10.9. The van der Waals surface area contributed by atoms with Gasteiger partial charge in [-0.2, -0.15) is 0 Å². The fraction of sp³-hybridized carbons (Fsp3) is 0.312. The van der Waals surface area contributed by atoms with Crippen LogP contribution in [-0.2, 0) is 17.6 Å². The summed E-state index contributed by atoms with van der Waals surface area (Å²) in [5, 5.41) is 2.94. The highest BCUT2D eigenvalue weighted by molar-refractivity contribution is 5.79. The molecule has 0 aliphatic carbocycles. The first-order valence-corrected chi connectivity index (χ1v) is 6.84. The number of carbonyl (C=O) groups excluding carboxylic acids is 1. The maximum atomic E-state index is 12.1. The van der Waals surface area contributed by atoms with Crippen molar-refractivity contribution in [2.75, 3.05) is 13.2 Å². The van der Waals surface area contributed by atoms with E-state index < -0.39 is 0 Å². The Balaban J connectivity index is 1.51. The number of amides is 1. The average Bonchev–Trinajstić information content (AvgIpc) is 3.00. The molecule has 20 heavy (non-hydrogen) atoms. The maximum Gasteiger partial charge on any atom is 0.226 e. The Morgan fingerprint density at radius 1 is 1.25 bits per heavy atom. The second-order valence-corrected chi connectivity index (χ2v) is 4.94. The molecule has 0 saturated heterocycles. The summed E-state index contributed by atoms with van der Waals surface area (Å²) in [7, 11) is 0. The maximum absolute atomic E-state index is 12.1. The van der Waals surface area contributed by atoms with Gasteiger partial charge >= 0.3 is 0 Å². The van der Waals surface area contributed by atoms with Gasteiger partial charge in [0, 0.05) is 13.0 Å². The quantitative estimate of drug-likeness (QED) is 0.927. The minimum atomic E-state index is -0.110. The lowest BCUT2D eigenvalue weighted by atomic mass is 9.96. The summed E-state index contributed by atoms with van der Waals surface area (Å²) in [6.45, 7) is 1.04. The summed E-state index contributed by atoms with van der Waals surface area (Å²) in [5.74, 6) is 1.72. The topological polar surface area (TPSA) is 51.5 Å². The number of carbonyl (C=O) groups is 1. The van der Waals surface area contributed by atoms with E-state index in [9.17, 15) is 4.79 Å². The Labute approximate surface area is 117 Å². The lowest BCUT2D eigenvalue weighted by Crippen LogP contribution is -2.38. The van der Waals surface area contributed by atoms with E-state index in [1.165, 1.54) is 0 Å². The van der Waals surface area contributed by atoms with Gasteiger partial charge in [-0.05, 0) is 30.2 Å². The van der Waals surface area contributed by atoms with Crippen molar-refractivity contribution in [3.05, 3.63) is 54.0 Å². The molecule has 0 unspecified atom stereocenters. The molecular weight excluding hydrogens is 254 g/mol. The summed E-state index contributed by atoms with van der Waals surface area (Å²) >= 11 is 0. The van der Waals surface area contributed by atoms with Crippen LogP contribution in [0.4, 0.5) is 0 Å². The molecule has 1 atom stereocenters. The zero-order chi connectivity index (χ0) is 13.8. The fourth-order valence-corrected chi connectivity index (χ4v) is 2.40. The smallest absolute Gasteiger partial charge is 0.226 e. The lowest BCUT2D eigenvalue weighted by molar-refractivity contribution is -0.126. The van der Waals surface area contributed by atoms with Crippen LogP contribution in [0, 0.1) is 5.92 Å². The molecule has 0 radical (unpaired) electrons. The van der Waals surface area contributed by atoms with E-state index >= 15 is 0 Å². The predicted octanol–water partition coefficient (Wildman–Crippen LogP) is 2.19. The first kappa shape index (κ1) is 12.8. The van der Waals surface area contributed by atoms with Gasteiger partial charge in [0.05, 0.1) is 12.2 Å². The van der Waals surface area contributed by atoms with Crippen LogP contribution in [0.2, 0.25) is 0 Å². The normalized spacial score (nSPS) is 17.1. The average molecular weight is 271 g/mol. The lowest BCUT2D eigenvalue weighted by Gasteiger charge is -2.24. The molecule has 1 N–H and O–H groups in total. The highest BCUT2D eigenvalue weighted by Crippen LogP contribution is 2.26. The van der Waals surface area contributed by atoms with Crippen LogP contribution in [0.15, 0.2) is 47.1 Å². The van der Waals surface area contributed by atoms with E-state index in [4.69, 9.17) is 9.15 Å². The molecule has 4 nitrogen and oxygen atoms in total. The number of rotatable bonds is 4. The van der Waals surface area contributed by atoms with Gasteiger partial charge in [0.25, 0.3) is 0 Å². The van der Waals surface area contributed by atoms with Gasteiger partial charge in [0.15, 0.2) is 0 Å². The van der Waals surface area contributed by atoms with Gasteiger partial charge in [0.1, 0.15) is 18.1 Å². The summed E-state index contributed by atoms with van der Waals surface area (Å²) in [4.78, 5) is 12.1. The van der Waals surface area contributed by atoms with Crippen LogP contribution in [0.1, 0.15) is 11.3 Å². The van der Waals surface area contributed by atoms with Crippen molar-refractivity contribution in [1.29, 1.82) is 0 Å². The Morgan fingerprint density at radius 2 is 2.15 bits per heavy atom. The number of hydrogen-bond acceptors (Lipinski definition) is 3. The largest absolute Gasteiger partial charge is 0.492 e. The number of nitrogens with one attached hydrogen (secondary N) is 1. The first-order chi connectivity index (χ1) is 9.83. The number of para-hydroxylation sites is 1. The molecule has 0 fully saturated rings. The number of ether oxygens (including phenoxy) is 1. The molecule has 0 bridgehead atoms. The molecular formula is C16H17NO3. The van der Waals surface area contributed by atoms with Gasteiger partial charge in [0.2, 0.25) is 5.91 Å². The molecule has 1 aromatic carbocycles. The standard InChI is InChI=1S/C16H17NO3/c18-16(17-8-7-14-5-3-9-19-14)13-10-12-4-1-2-6-15(12)20-11-13/h1-6,9,13H,7-8,10-11H2,(H,17,18)/t13-/m0/s1. The van der Waals surface area contributed by atoms with Gasteiger partial charge in [-0.1, -0.05) is 18.2 Å². The van der Waals surface area contributed by atoms with Crippen LogP contribution in [0.3, 0.4) is 0 Å². The van der Waals surface area contributed by atoms with Crippen molar-refractivity contribution in [3.63, 3.8) is 0 Å². The van der Waals surface area contributed by atoms with Gasteiger partial charge < -0.3 is 14.5 Å². The van der Waals surface area contributed by atoms with Gasteiger partial charge in [-0.15, -0.1) is 0 Å². The van der Waals surface area contributed by atoms with E-state index in [1.54, 1.807) is 6.26 Å². The van der Waals surface area contributed by atoms with Crippen LogP contribution in [0.5, 0.6) is 5.75 Å². The summed E-state index contributed by atoms with van der Waals surface area (Å²) in [6.07, 6.45) is 3.09. The minimum absolute atomic E-state index is 0.0473. The van der Waals surface area contributed by atoms with E-state index in [2.05, 4.69) is 5.32 Å². The molecule has 4 heteroatoms. The van der Waals surface area contributed by atoms with E-state index in [0.29, 0.717) is 19.6 Å². The third kappa shape index (κ3) is 2.85. The second kappa shape index (κ2) is 5.82. The third-order valence-corrected chi connectivity index (χ3v) is 3.50. The monoisotopic (exact) mass is 271 g/mol. The Bertz CT molecular complexity index is 577. The molecule has 104 valence electrons. The van der Waals surface area contributed by atoms with Crippen molar-refractivity contribution in [2.45, 2.75) is 12.8 Å². The number of benzene rings is 1. The van der Waals surface area contributed by atoms with Gasteiger partial charge in [-0.25, -0.2) is 0 Å². The Hall–Kier alpha value is -2.23. The zero-order valence-electron chi connectivity index (χ0n) is 11.2. The third-order valence-electron chi connectivity index (χ3n) is 3.50. The van der Waals surface area contributed by atoms with Gasteiger partial charge in [-0.3, -0.25) is 4.79 Å². The molecule has 0 spiro atoms. The Kier molecular flexibility index (Phi) is 3.72. The van der Waals surface area contributed by atoms with E-state index in [0.717, 1.165) is 23.5 Å². The predicted molar refractivity (Wildman–Crippen MR) is 74.6 cm³/mol. The molecule has 2 aromatic rings. The van der Waals surface area contributed by atoms with Crippen molar-refractivity contribution < 1.29 is 13.9 Å². The molecule has 1 aliphatic rings. The summed E-state index contributed by atoms with van der Waals surface area (Å²) in [5.41, 5.74) is 1.10. The van der Waals surface area contributed by atoms with Crippen LogP contribution in [0.25, 0.3) is 0 Å². The molecule has 1 amide bonds. The van der Waals surface area contributed by atoms with Crippen molar-refractivity contribution in [2.24, 2.45) is 5.92 Å². The first-order valence-electron chi connectivity index (χ1n) is 6.84. The second-order valence-electron chi connectivity index (χ2n) is 4.94. The van der Waals surface area contributed by atoms with Crippen LogP contribution in [-0.4, -0.2) is 19.1 Å². The minimum Gasteiger partial charge on any atom is -0.492 e. The molecule has 1 aromatic heterocycles. The number of hydrogen-bond donors (Lipinski definition) is 1. The van der Waals surface area contributed by atoms with Crippen LogP contribution >= 0.6 is 0 Å². The van der Waals surface area contributed by atoms with Crippen molar-refractivity contribution >= 4 is 5.91 Å². The van der Waals surface area contributed by atoms with Crippen molar-refractivity contribution in [3.8, 4) is 5.75 Å². The number of furan rings is 1. The molecule has 0 saturated carbocycles. The number of fused-ring (bicyclic) bond motifs is 1. The molecule has 3 rings (SSSR count).